The highest BCUT2D eigenvalue weighted by molar-refractivity contribution is 8.00. The Morgan fingerprint density at radius 1 is 1.32 bits per heavy atom. The van der Waals surface area contributed by atoms with E-state index >= 15 is 0 Å². The van der Waals surface area contributed by atoms with Crippen molar-refractivity contribution in [3.8, 4) is 0 Å². The molecule has 0 bridgehead atoms. The second-order valence-corrected chi connectivity index (χ2v) is 6.95. The second-order valence-electron chi connectivity index (χ2n) is 5.50. The highest BCUT2D eigenvalue weighted by Gasteiger charge is 2.14. The molecular weight excluding hydrogens is 296 g/mol. The van der Waals surface area contributed by atoms with E-state index < -0.39 is 0 Å². The van der Waals surface area contributed by atoms with Crippen LogP contribution in [0.15, 0.2) is 24.3 Å². The number of hydrogen-bond donors (Lipinski definition) is 1. The highest BCUT2D eigenvalue weighted by atomic mass is 32.2. The van der Waals surface area contributed by atoms with Gasteiger partial charge in [0.25, 0.3) is 0 Å². The number of thioether (sulfide) groups is 1. The fourth-order valence-corrected chi connectivity index (χ4v) is 3.32. The molecule has 1 heterocycles. The lowest BCUT2D eigenvalue weighted by atomic mass is 10.2. The molecule has 1 saturated heterocycles. The van der Waals surface area contributed by atoms with Crippen LogP contribution in [-0.2, 0) is 9.53 Å². The quantitative estimate of drug-likeness (QED) is 0.781. The molecule has 1 aliphatic rings. The first-order chi connectivity index (χ1) is 10.7. The number of morpholine rings is 1. The van der Waals surface area contributed by atoms with Gasteiger partial charge >= 0.3 is 0 Å². The van der Waals surface area contributed by atoms with Crippen LogP contribution in [0.3, 0.4) is 0 Å². The van der Waals surface area contributed by atoms with E-state index in [1.165, 1.54) is 12.1 Å². The lowest BCUT2D eigenvalue weighted by Gasteiger charge is -2.28. The maximum atomic E-state index is 12.1. The Balaban J connectivity index is 1.83. The molecule has 1 aromatic carbocycles. The van der Waals surface area contributed by atoms with Crippen LogP contribution in [0.1, 0.15) is 26.7 Å². The fourth-order valence-electron chi connectivity index (χ4n) is 2.30. The van der Waals surface area contributed by atoms with Crippen LogP contribution in [0.5, 0.6) is 0 Å². The van der Waals surface area contributed by atoms with E-state index in [0.717, 1.165) is 44.2 Å². The largest absolute Gasteiger partial charge is 0.378 e. The van der Waals surface area contributed by atoms with Gasteiger partial charge in [-0.2, -0.15) is 0 Å². The normalized spacial score (nSPS) is 16.4. The summed E-state index contributed by atoms with van der Waals surface area (Å²) in [7, 11) is 0. The first kappa shape index (κ1) is 17.2. The molecule has 1 atom stereocenters. The Morgan fingerprint density at radius 3 is 2.64 bits per heavy atom. The van der Waals surface area contributed by atoms with Crippen LogP contribution < -0.4 is 10.2 Å². The molecule has 0 aliphatic carbocycles. The predicted octanol–water partition coefficient (Wildman–Crippen LogP) is 3.38. The molecule has 122 valence electrons. The topological polar surface area (TPSA) is 41.6 Å². The van der Waals surface area contributed by atoms with Crippen LogP contribution in [0, 0.1) is 0 Å². The van der Waals surface area contributed by atoms with Gasteiger partial charge in [-0.15, -0.1) is 11.8 Å². The maximum absolute atomic E-state index is 12.1. The molecule has 0 aromatic heterocycles. The number of ether oxygens (including phenoxy) is 1. The third kappa shape index (κ3) is 5.21. The monoisotopic (exact) mass is 322 g/mol. The summed E-state index contributed by atoms with van der Waals surface area (Å²) >= 11 is 1.72. The summed E-state index contributed by atoms with van der Waals surface area (Å²) < 4.78 is 5.36. The number of amides is 1. The lowest BCUT2D eigenvalue weighted by Crippen LogP contribution is -2.36. The molecule has 1 N–H and O–H groups in total. The van der Waals surface area contributed by atoms with Gasteiger partial charge < -0.3 is 15.0 Å². The summed E-state index contributed by atoms with van der Waals surface area (Å²) in [6.07, 6.45) is 2.33. The summed E-state index contributed by atoms with van der Waals surface area (Å²) in [6, 6.07) is 8.09. The lowest BCUT2D eigenvalue weighted by molar-refractivity contribution is -0.115. The van der Waals surface area contributed by atoms with E-state index in [9.17, 15) is 4.79 Å². The molecule has 0 spiro atoms. The van der Waals surface area contributed by atoms with Gasteiger partial charge in [0.15, 0.2) is 0 Å². The number of benzene rings is 1. The molecular formula is C17H26N2O2S. The Labute approximate surface area is 137 Å². The molecule has 1 unspecified atom stereocenters. The highest BCUT2D eigenvalue weighted by Crippen LogP contribution is 2.20. The summed E-state index contributed by atoms with van der Waals surface area (Å²) in [4.78, 5) is 14.4. The fraction of sp³-hybridized carbons (Fsp3) is 0.588. The van der Waals surface area contributed by atoms with Crippen LogP contribution in [0.2, 0.25) is 0 Å². The Hall–Kier alpha value is -1.20. The van der Waals surface area contributed by atoms with E-state index in [1.54, 1.807) is 11.8 Å². The third-order valence-electron chi connectivity index (χ3n) is 3.75. The van der Waals surface area contributed by atoms with Crippen molar-refractivity contribution < 1.29 is 9.53 Å². The first-order valence-corrected chi connectivity index (χ1v) is 9.11. The summed E-state index contributed by atoms with van der Waals surface area (Å²) in [5, 5.41) is 2.99. The number of hydrogen-bond acceptors (Lipinski definition) is 4. The van der Waals surface area contributed by atoms with Crippen molar-refractivity contribution in [2.75, 3.05) is 42.3 Å². The minimum absolute atomic E-state index is 0.00882. The van der Waals surface area contributed by atoms with Crippen LogP contribution in [0.25, 0.3) is 0 Å². The van der Waals surface area contributed by atoms with Crippen molar-refractivity contribution >= 4 is 29.0 Å². The first-order valence-electron chi connectivity index (χ1n) is 8.06. The Morgan fingerprint density at radius 2 is 2.00 bits per heavy atom. The second kappa shape index (κ2) is 9.06. The van der Waals surface area contributed by atoms with Gasteiger partial charge in [-0.3, -0.25) is 4.79 Å². The van der Waals surface area contributed by atoms with Crippen LogP contribution in [0.4, 0.5) is 11.4 Å². The molecule has 4 nitrogen and oxygen atoms in total. The third-order valence-corrected chi connectivity index (χ3v) is 4.98. The van der Waals surface area contributed by atoms with Gasteiger partial charge in [0.2, 0.25) is 5.91 Å². The number of rotatable bonds is 7. The average molecular weight is 322 g/mol. The summed E-state index contributed by atoms with van der Waals surface area (Å²) in [5.41, 5.74) is 2.05. The Kier molecular flexibility index (Phi) is 7.06. The summed E-state index contributed by atoms with van der Waals surface area (Å²) in [5.74, 6) is 1.13. The van der Waals surface area contributed by atoms with E-state index in [1.807, 2.05) is 19.1 Å². The molecule has 2 rings (SSSR count). The van der Waals surface area contributed by atoms with E-state index in [4.69, 9.17) is 4.74 Å². The van der Waals surface area contributed by atoms with Crippen molar-refractivity contribution in [2.24, 2.45) is 0 Å². The predicted molar refractivity (Wildman–Crippen MR) is 94.9 cm³/mol. The number of unbranched alkanes of at least 4 members (excludes halogenated alkanes) is 1. The van der Waals surface area contributed by atoms with Crippen molar-refractivity contribution in [2.45, 2.75) is 31.9 Å². The molecule has 1 amide bonds. The van der Waals surface area contributed by atoms with E-state index in [2.05, 4.69) is 29.3 Å². The molecule has 22 heavy (non-hydrogen) atoms. The standard InChI is InChI=1S/C17H26N2O2S/c1-3-4-13-22-14(2)17(20)18-15-5-7-16(8-6-15)19-9-11-21-12-10-19/h5-8,14H,3-4,9-13H2,1-2H3,(H,18,20). The van der Waals surface area contributed by atoms with Gasteiger partial charge in [0.05, 0.1) is 18.5 Å². The zero-order valence-electron chi connectivity index (χ0n) is 13.5. The van der Waals surface area contributed by atoms with Gasteiger partial charge in [-0.1, -0.05) is 13.3 Å². The van der Waals surface area contributed by atoms with Gasteiger partial charge in [0, 0.05) is 24.5 Å². The molecule has 1 aromatic rings. The van der Waals surface area contributed by atoms with Crippen molar-refractivity contribution in [3.63, 3.8) is 0 Å². The molecule has 0 saturated carbocycles. The van der Waals surface area contributed by atoms with Crippen LogP contribution >= 0.6 is 11.8 Å². The van der Waals surface area contributed by atoms with Gasteiger partial charge in [0.1, 0.15) is 0 Å². The minimum Gasteiger partial charge on any atom is -0.378 e. The molecule has 1 aliphatic heterocycles. The van der Waals surface area contributed by atoms with Gasteiger partial charge in [-0.25, -0.2) is 0 Å². The number of carbonyl (C=O) groups excluding carboxylic acids is 1. The SMILES string of the molecule is CCCCSC(C)C(=O)Nc1ccc(N2CCOCC2)cc1. The van der Waals surface area contributed by atoms with Crippen molar-refractivity contribution in [1.29, 1.82) is 0 Å². The smallest absolute Gasteiger partial charge is 0.237 e. The van der Waals surface area contributed by atoms with Crippen molar-refractivity contribution in [1.82, 2.24) is 0 Å². The Bertz CT molecular complexity index is 458. The number of nitrogens with zero attached hydrogens (tertiary/aromatic N) is 1. The number of anilines is 2. The zero-order valence-corrected chi connectivity index (χ0v) is 14.3. The zero-order chi connectivity index (χ0) is 15.8. The van der Waals surface area contributed by atoms with E-state index in [0.29, 0.717) is 0 Å². The maximum Gasteiger partial charge on any atom is 0.237 e. The number of carbonyl (C=O) groups is 1. The molecule has 1 fully saturated rings. The van der Waals surface area contributed by atoms with Gasteiger partial charge in [-0.05, 0) is 43.4 Å². The summed E-state index contributed by atoms with van der Waals surface area (Å²) in [6.45, 7) is 7.56. The van der Waals surface area contributed by atoms with Crippen molar-refractivity contribution in [3.05, 3.63) is 24.3 Å². The number of nitrogens with one attached hydrogen (secondary N) is 1. The average Bonchev–Trinajstić information content (AvgIpc) is 2.56. The molecule has 5 heteroatoms. The molecule has 0 radical (unpaired) electrons. The minimum atomic E-state index is -0.00882. The van der Waals surface area contributed by atoms with Crippen LogP contribution in [-0.4, -0.2) is 43.2 Å². The van der Waals surface area contributed by atoms with E-state index in [-0.39, 0.29) is 11.2 Å².